The normalized spacial score (nSPS) is 18.9. The van der Waals surface area contributed by atoms with E-state index in [4.69, 9.17) is 0 Å². The topological polar surface area (TPSA) is 95.5 Å². The fourth-order valence-electron chi connectivity index (χ4n) is 3.68. The molecule has 0 unspecified atom stereocenters. The molecule has 6 nitrogen and oxygen atoms in total. The Kier molecular flexibility index (Phi) is 6.09. The summed E-state index contributed by atoms with van der Waals surface area (Å²) in [7, 11) is 0. The minimum absolute atomic E-state index is 0.333. The van der Waals surface area contributed by atoms with Crippen molar-refractivity contribution >= 4 is 29.2 Å². The molecule has 0 saturated heterocycles. The molecule has 1 aliphatic rings. The van der Waals surface area contributed by atoms with Crippen molar-refractivity contribution in [2.45, 2.75) is 32.6 Å². The Morgan fingerprint density at radius 2 is 1.64 bits per heavy atom. The van der Waals surface area contributed by atoms with Gasteiger partial charge in [0, 0.05) is 5.69 Å². The van der Waals surface area contributed by atoms with E-state index in [2.05, 4.69) is 10.6 Å². The van der Waals surface area contributed by atoms with Crippen LogP contribution in [0.25, 0.3) is 0 Å². The number of carbonyl (C=O) groups excluding carboxylic acids is 2. The maximum Gasteiger partial charge on any atom is 0.307 e. The van der Waals surface area contributed by atoms with Crippen molar-refractivity contribution in [2.24, 2.45) is 11.8 Å². The molecule has 146 valence electrons. The summed E-state index contributed by atoms with van der Waals surface area (Å²) in [5.41, 5.74) is 2.41. The Morgan fingerprint density at radius 1 is 0.929 bits per heavy atom. The molecular weight excluding hydrogens is 356 g/mol. The molecular formula is C22H24N2O4. The number of carbonyl (C=O) groups is 3. The van der Waals surface area contributed by atoms with Gasteiger partial charge in [0.2, 0.25) is 5.91 Å². The molecule has 0 bridgehead atoms. The summed E-state index contributed by atoms with van der Waals surface area (Å²) in [6.45, 7) is 1.94. The van der Waals surface area contributed by atoms with Gasteiger partial charge in [-0.3, -0.25) is 14.4 Å². The molecule has 6 heteroatoms. The molecule has 3 rings (SSSR count). The number of aryl methyl sites for hydroxylation is 1. The van der Waals surface area contributed by atoms with Gasteiger partial charge in [-0.25, -0.2) is 0 Å². The summed E-state index contributed by atoms with van der Waals surface area (Å²) in [6.07, 6.45) is 2.69. The quantitative estimate of drug-likeness (QED) is 0.728. The van der Waals surface area contributed by atoms with Crippen LogP contribution in [0.2, 0.25) is 0 Å². The molecule has 2 aromatic carbocycles. The first-order valence-corrected chi connectivity index (χ1v) is 9.46. The maximum atomic E-state index is 12.8. The van der Waals surface area contributed by atoms with Gasteiger partial charge in [0.1, 0.15) is 0 Å². The average Bonchev–Trinajstić information content (AvgIpc) is 2.68. The van der Waals surface area contributed by atoms with Crippen molar-refractivity contribution in [2.75, 3.05) is 10.6 Å². The van der Waals surface area contributed by atoms with E-state index in [0.717, 1.165) is 18.4 Å². The van der Waals surface area contributed by atoms with Crippen LogP contribution in [0.4, 0.5) is 11.4 Å². The highest BCUT2D eigenvalue weighted by Crippen LogP contribution is 2.31. The van der Waals surface area contributed by atoms with Crippen LogP contribution in [0.15, 0.2) is 48.5 Å². The monoisotopic (exact) mass is 380 g/mol. The van der Waals surface area contributed by atoms with E-state index < -0.39 is 17.8 Å². The zero-order valence-corrected chi connectivity index (χ0v) is 15.8. The lowest BCUT2D eigenvalue weighted by molar-refractivity contribution is -0.147. The molecule has 0 aliphatic heterocycles. The fraction of sp³-hybridized carbons (Fsp3) is 0.318. The van der Waals surface area contributed by atoms with E-state index in [1.807, 2.05) is 25.1 Å². The van der Waals surface area contributed by atoms with Crippen LogP contribution in [-0.2, 0) is 9.59 Å². The third-order valence-electron chi connectivity index (χ3n) is 5.13. The van der Waals surface area contributed by atoms with Crippen molar-refractivity contribution in [1.82, 2.24) is 0 Å². The van der Waals surface area contributed by atoms with Gasteiger partial charge in [0.05, 0.1) is 23.1 Å². The number of carboxylic acids is 1. The highest BCUT2D eigenvalue weighted by Gasteiger charge is 2.36. The summed E-state index contributed by atoms with van der Waals surface area (Å²) in [4.78, 5) is 37.0. The van der Waals surface area contributed by atoms with Crippen molar-refractivity contribution in [1.29, 1.82) is 0 Å². The second-order valence-electron chi connectivity index (χ2n) is 7.19. The number of hydrogen-bond donors (Lipinski definition) is 3. The van der Waals surface area contributed by atoms with E-state index in [1.165, 1.54) is 0 Å². The lowest BCUT2D eigenvalue weighted by atomic mass is 9.78. The smallest absolute Gasteiger partial charge is 0.307 e. The fourth-order valence-corrected chi connectivity index (χ4v) is 3.68. The summed E-state index contributed by atoms with van der Waals surface area (Å²) in [5, 5.41) is 15.0. The second kappa shape index (κ2) is 8.69. The first-order chi connectivity index (χ1) is 13.5. The van der Waals surface area contributed by atoms with Crippen LogP contribution in [0.1, 0.15) is 41.6 Å². The minimum atomic E-state index is -0.940. The Hall–Kier alpha value is -3.15. The van der Waals surface area contributed by atoms with Crippen LogP contribution < -0.4 is 10.6 Å². The molecule has 3 N–H and O–H groups in total. The van der Waals surface area contributed by atoms with E-state index >= 15 is 0 Å². The van der Waals surface area contributed by atoms with Gasteiger partial charge in [-0.1, -0.05) is 37.1 Å². The molecule has 28 heavy (non-hydrogen) atoms. The van der Waals surface area contributed by atoms with Gasteiger partial charge in [0.25, 0.3) is 5.91 Å². The van der Waals surface area contributed by atoms with Gasteiger partial charge < -0.3 is 15.7 Å². The third-order valence-corrected chi connectivity index (χ3v) is 5.13. The summed E-state index contributed by atoms with van der Waals surface area (Å²) in [5.74, 6) is -2.88. The van der Waals surface area contributed by atoms with Crippen molar-refractivity contribution in [3.8, 4) is 0 Å². The Morgan fingerprint density at radius 3 is 2.36 bits per heavy atom. The van der Waals surface area contributed by atoms with Crippen molar-refractivity contribution in [3.05, 3.63) is 59.7 Å². The molecule has 1 aliphatic carbocycles. The predicted octanol–water partition coefficient (Wildman–Crippen LogP) is 4.08. The number of amides is 2. The molecule has 0 spiro atoms. The maximum absolute atomic E-state index is 12.8. The molecule has 0 aromatic heterocycles. The van der Waals surface area contributed by atoms with E-state index in [1.54, 1.807) is 30.3 Å². The minimum Gasteiger partial charge on any atom is -0.481 e. The number of nitrogens with one attached hydrogen (secondary N) is 2. The zero-order valence-electron chi connectivity index (χ0n) is 15.8. The largest absolute Gasteiger partial charge is 0.481 e. The number of aliphatic carboxylic acids is 1. The van der Waals surface area contributed by atoms with Gasteiger partial charge >= 0.3 is 5.97 Å². The molecule has 2 amide bonds. The van der Waals surface area contributed by atoms with Crippen LogP contribution in [0.3, 0.4) is 0 Å². The standard InChI is InChI=1S/C22H24N2O4/c1-14-7-6-8-15(13-14)23-21(26)18-11-4-5-12-19(18)24-20(25)16-9-2-3-10-17(16)22(27)28/h4-8,11-13,16-17H,2-3,9-10H2,1H3,(H,23,26)(H,24,25)(H,27,28)/t16-,17-/m1/s1. The molecule has 0 heterocycles. The van der Waals surface area contributed by atoms with Gasteiger partial charge in [-0.05, 0) is 49.6 Å². The van der Waals surface area contributed by atoms with Crippen LogP contribution in [0, 0.1) is 18.8 Å². The first-order valence-electron chi connectivity index (χ1n) is 9.46. The lowest BCUT2D eigenvalue weighted by Crippen LogP contribution is -2.36. The van der Waals surface area contributed by atoms with Crippen molar-refractivity contribution in [3.63, 3.8) is 0 Å². The highest BCUT2D eigenvalue weighted by molar-refractivity contribution is 6.10. The molecule has 2 atom stereocenters. The van der Waals surface area contributed by atoms with Crippen LogP contribution in [-0.4, -0.2) is 22.9 Å². The second-order valence-corrected chi connectivity index (χ2v) is 7.19. The SMILES string of the molecule is Cc1cccc(NC(=O)c2ccccc2NC(=O)[C@@H]2CCCC[C@H]2C(=O)O)c1. The lowest BCUT2D eigenvalue weighted by Gasteiger charge is -2.27. The van der Waals surface area contributed by atoms with E-state index in [9.17, 15) is 19.5 Å². The van der Waals surface area contributed by atoms with Gasteiger partial charge in [0.15, 0.2) is 0 Å². The number of anilines is 2. The number of benzene rings is 2. The number of para-hydroxylation sites is 1. The number of rotatable bonds is 5. The molecule has 0 radical (unpaired) electrons. The number of carboxylic acid groups (broad SMARTS) is 1. The molecule has 1 saturated carbocycles. The Labute approximate surface area is 164 Å². The van der Waals surface area contributed by atoms with Crippen LogP contribution >= 0.6 is 0 Å². The molecule has 2 aromatic rings. The summed E-state index contributed by atoms with van der Waals surface area (Å²) >= 11 is 0. The first kappa shape index (κ1) is 19.6. The van der Waals surface area contributed by atoms with Gasteiger partial charge in [-0.15, -0.1) is 0 Å². The average molecular weight is 380 g/mol. The van der Waals surface area contributed by atoms with Crippen LogP contribution in [0.5, 0.6) is 0 Å². The third kappa shape index (κ3) is 4.57. The highest BCUT2D eigenvalue weighted by atomic mass is 16.4. The van der Waals surface area contributed by atoms with E-state index in [-0.39, 0.29) is 11.8 Å². The Balaban J connectivity index is 1.77. The Bertz CT molecular complexity index is 894. The number of hydrogen-bond acceptors (Lipinski definition) is 3. The summed E-state index contributed by atoms with van der Waals surface area (Å²) in [6, 6.07) is 14.2. The van der Waals surface area contributed by atoms with E-state index in [0.29, 0.717) is 29.8 Å². The van der Waals surface area contributed by atoms with Crippen molar-refractivity contribution < 1.29 is 19.5 Å². The predicted molar refractivity (Wildman–Crippen MR) is 107 cm³/mol. The molecule has 1 fully saturated rings. The van der Waals surface area contributed by atoms with Gasteiger partial charge in [-0.2, -0.15) is 0 Å². The zero-order chi connectivity index (χ0) is 20.1. The summed E-state index contributed by atoms with van der Waals surface area (Å²) < 4.78 is 0.